The van der Waals surface area contributed by atoms with Crippen molar-refractivity contribution in [3.63, 3.8) is 0 Å². The van der Waals surface area contributed by atoms with Crippen molar-refractivity contribution in [2.45, 2.75) is 47.3 Å². The molecule has 7 aromatic rings. The lowest BCUT2D eigenvalue weighted by Crippen LogP contribution is -2.57. The molecule has 12 rings (SSSR count). The average molecular weight is 734 g/mol. The van der Waals surface area contributed by atoms with Gasteiger partial charge in [-0.2, -0.15) is 0 Å². The highest BCUT2D eigenvalue weighted by atomic mass is 32.2. The van der Waals surface area contributed by atoms with E-state index in [4.69, 9.17) is 15.0 Å². The normalized spacial score (nSPS) is 24.0. The summed E-state index contributed by atoms with van der Waals surface area (Å²) in [6.07, 6.45) is 6.17. The maximum Gasteiger partial charge on any atom is 0.207 e. The minimum Gasteiger partial charge on any atom is -0.218 e. The molecular weight excluding hydrogens is 695 g/mol. The minimum absolute atomic E-state index is 0.235. The first-order chi connectivity index (χ1) is 26.9. The minimum atomic E-state index is -3.71. The molecule has 0 radical (unpaired) electrons. The van der Waals surface area contributed by atoms with E-state index >= 15 is 0 Å². The van der Waals surface area contributed by atoms with Gasteiger partial charge in [-0.05, 0) is 113 Å². The molecule has 0 unspecified atom stereocenters. The van der Waals surface area contributed by atoms with Gasteiger partial charge in [0.25, 0.3) is 0 Å². The highest BCUT2D eigenvalue weighted by Crippen LogP contribution is 2.68. The zero-order valence-electron chi connectivity index (χ0n) is 30.3. The van der Waals surface area contributed by atoms with Crippen molar-refractivity contribution < 1.29 is 8.42 Å². The Morgan fingerprint density at radius 3 is 1.42 bits per heavy atom. The van der Waals surface area contributed by atoms with Crippen molar-refractivity contribution in [3.05, 3.63) is 163 Å². The lowest BCUT2D eigenvalue weighted by molar-refractivity contribution is -0.0446. The Kier molecular flexibility index (Phi) is 7.37. The lowest BCUT2D eigenvalue weighted by Gasteiger charge is -2.63. The van der Waals surface area contributed by atoms with E-state index < -0.39 is 9.84 Å². The van der Waals surface area contributed by atoms with Crippen LogP contribution in [0.3, 0.4) is 0 Å². The molecule has 2 heterocycles. The number of hydrogen-bond donors (Lipinski definition) is 0. The summed E-state index contributed by atoms with van der Waals surface area (Å²) in [6.45, 7) is 0. The fourth-order valence-electron chi connectivity index (χ4n) is 11.0. The van der Waals surface area contributed by atoms with Gasteiger partial charge in [-0.1, -0.05) is 127 Å². The molecule has 4 fully saturated rings. The monoisotopic (exact) mass is 733 g/mol. The van der Waals surface area contributed by atoms with Crippen molar-refractivity contribution in [2.75, 3.05) is 0 Å². The van der Waals surface area contributed by atoms with Gasteiger partial charge in [0, 0.05) is 22.1 Å². The molecule has 1 aliphatic heterocycles. The number of sulfone groups is 1. The van der Waals surface area contributed by atoms with Gasteiger partial charge in [-0.25, -0.2) is 23.4 Å². The maximum atomic E-state index is 14.6. The number of hydrogen-bond acceptors (Lipinski definition) is 5. The van der Waals surface area contributed by atoms with Crippen LogP contribution in [0.15, 0.2) is 161 Å². The van der Waals surface area contributed by atoms with E-state index in [1.54, 1.807) is 0 Å². The second-order valence-corrected chi connectivity index (χ2v) is 18.0. The van der Waals surface area contributed by atoms with E-state index in [1.165, 1.54) is 32.1 Å². The third-order valence-corrected chi connectivity index (χ3v) is 15.0. The van der Waals surface area contributed by atoms with Crippen molar-refractivity contribution in [1.29, 1.82) is 0 Å². The van der Waals surface area contributed by atoms with E-state index in [0.717, 1.165) is 61.9 Å². The van der Waals surface area contributed by atoms with E-state index in [9.17, 15) is 8.42 Å². The molecule has 268 valence electrons. The summed E-state index contributed by atoms with van der Waals surface area (Å²) in [6, 6.07) is 51.0. The molecule has 0 amide bonds. The van der Waals surface area contributed by atoms with Crippen LogP contribution in [-0.4, -0.2) is 23.4 Å². The highest BCUT2D eigenvalue weighted by molar-refractivity contribution is 7.91. The van der Waals surface area contributed by atoms with Crippen molar-refractivity contribution in [3.8, 4) is 56.4 Å². The van der Waals surface area contributed by atoms with Crippen molar-refractivity contribution >= 4 is 9.84 Å². The molecule has 5 aliphatic rings. The predicted molar refractivity (Wildman–Crippen MR) is 217 cm³/mol. The molecule has 0 N–H and O–H groups in total. The van der Waals surface area contributed by atoms with E-state index in [0.29, 0.717) is 39.1 Å². The quantitative estimate of drug-likeness (QED) is 0.176. The smallest absolute Gasteiger partial charge is 0.207 e. The Morgan fingerprint density at radius 2 is 0.836 bits per heavy atom. The first kappa shape index (κ1) is 32.7. The van der Waals surface area contributed by atoms with E-state index in [1.807, 2.05) is 97.1 Å². The number of rotatable bonds is 5. The number of nitrogens with zero attached hydrogens (tertiary/aromatic N) is 3. The van der Waals surface area contributed by atoms with Crippen LogP contribution in [0.4, 0.5) is 0 Å². The topological polar surface area (TPSA) is 72.8 Å². The van der Waals surface area contributed by atoms with Gasteiger partial charge >= 0.3 is 0 Å². The Bertz CT molecular complexity index is 2660. The Morgan fingerprint density at radius 1 is 0.400 bits per heavy atom. The predicted octanol–water partition coefficient (Wildman–Crippen LogP) is 11.1. The largest absolute Gasteiger partial charge is 0.218 e. The molecule has 5 nitrogen and oxygen atoms in total. The summed E-state index contributed by atoms with van der Waals surface area (Å²) in [7, 11) is -3.71. The van der Waals surface area contributed by atoms with Gasteiger partial charge in [-0.3, -0.25) is 0 Å². The Balaban J connectivity index is 0.996. The van der Waals surface area contributed by atoms with Gasteiger partial charge in [-0.15, -0.1) is 0 Å². The molecule has 55 heavy (non-hydrogen) atoms. The van der Waals surface area contributed by atoms with Gasteiger partial charge < -0.3 is 0 Å². The van der Waals surface area contributed by atoms with Crippen LogP contribution >= 0.6 is 0 Å². The van der Waals surface area contributed by atoms with Crippen molar-refractivity contribution in [2.24, 2.45) is 23.7 Å². The van der Waals surface area contributed by atoms with Gasteiger partial charge in [0.2, 0.25) is 9.84 Å². The van der Waals surface area contributed by atoms with E-state index in [2.05, 4.69) is 54.6 Å². The van der Waals surface area contributed by atoms with Crippen LogP contribution in [0.5, 0.6) is 0 Å². The standard InChI is InChI=1S/C49H39N3O2S/c53-55(54)44-20-8-7-19-42(44)49(40-24-31-23-32(26-40)27-41(49)25-31)43-22-21-38(30-45(43)55)36-16-9-15-35(28-36)37-17-10-18-39(29-37)48-51-46(33-11-3-1-4-12-33)50-47(52-48)34-13-5-2-6-14-34/h1-22,28-32,40-41H,23-27H2. The van der Waals surface area contributed by atoms with Crippen LogP contribution in [0.2, 0.25) is 0 Å². The zero-order valence-corrected chi connectivity index (χ0v) is 31.2. The molecular formula is C49H39N3O2S. The van der Waals surface area contributed by atoms with Crippen LogP contribution in [0, 0.1) is 23.7 Å². The fourth-order valence-corrected chi connectivity index (χ4v) is 12.9. The number of aromatic nitrogens is 3. The van der Waals surface area contributed by atoms with Crippen LogP contribution in [0.1, 0.15) is 43.2 Å². The molecule has 4 bridgehead atoms. The first-order valence-electron chi connectivity index (χ1n) is 19.5. The molecule has 4 aliphatic carbocycles. The van der Waals surface area contributed by atoms with Crippen molar-refractivity contribution in [1.82, 2.24) is 15.0 Å². The molecule has 6 heteroatoms. The summed E-state index contributed by atoms with van der Waals surface area (Å²) >= 11 is 0. The van der Waals surface area contributed by atoms with Crippen LogP contribution in [-0.2, 0) is 15.3 Å². The molecule has 1 spiro atoms. The summed E-state index contributed by atoms with van der Waals surface area (Å²) in [5.41, 5.74) is 8.55. The maximum absolute atomic E-state index is 14.6. The summed E-state index contributed by atoms with van der Waals surface area (Å²) < 4.78 is 29.1. The third-order valence-electron chi connectivity index (χ3n) is 13.1. The first-order valence-corrected chi connectivity index (χ1v) is 21.0. The Labute approximate surface area is 322 Å². The molecule has 0 atom stereocenters. The number of fused-ring (bicyclic) bond motifs is 2. The second kappa shape index (κ2) is 12.4. The van der Waals surface area contributed by atoms with Gasteiger partial charge in [0.1, 0.15) is 0 Å². The van der Waals surface area contributed by atoms with Crippen LogP contribution < -0.4 is 0 Å². The number of benzene rings is 6. The third kappa shape index (κ3) is 5.11. The summed E-state index contributed by atoms with van der Waals surface area (Å²) in [5.74, 6) is 4.38. The zero-order chi connectivity index (χ0) is 36.7. The summed E-state index contributed by atoms with van der Waals surface area (Å²) in [5, 5.41) is 0. The van der Waals surface area contributed by atoms with E-state index in [-0.39, 0.29) is 5.41 Å². The van der Waals surface area contributed by atoms with Gasteiger partial charge in [0.05, 0.1) is 9.79 Å². The second-order valence-electron chi connectivity index (χ2n) is 16.1. The van der Waals surface area contributed by atoms with Crippen LogP contribution in [0.25, 0.3) is 56.4 Å². The molecule has 1 aromatic heterocycles. The average Bonchev–Trinajstić information content (AvgIpc) is 3.24. The SMILES string of the molecule is O=S1(=O)c2ccccc2C2(c3ccc(-c4cccc(-c5cccc(-c6nc(-c7ccccc7)nc(-c7ccccc7)n6)c5)c4)cc31)C1CC3CC(C1)CC2C3. The molecule has 4 saturated carbocycles. The Hall–Kier alpha value is -5.72. The highest BCUT2D eigenvalue weighted by Gasteiger charge is 2.62. The summed E-state index contributed by atoms with van der Waals surface area (Å²) in [4.78, 5) is 15.8. The van der Waals surface area contributed by atoms with Gasteiger partial charge in [0.15, 0.2) is 17.5 Å². The lowest BCUT2D eigenvalue weighted by atomic mass is 9.42. The molecule has 6 aromatic carbocycles. The fraction of sp³-hybridized carbons (Fsp3) is 0.204. The molecule has 0 saturated heterocycles.